The minimum atomic E-state index is -4.06. The minimum absolute atomic E-state index is 0.0877. The van der Waals surface area contributed by atoms with Gasteiger partial charge in [-0.1, -0.05) is 56.7 Å². The van der Waals surface area contributed by atoms with Gasteiger partial charge in [0.05, 0.1) is 27.6 Å². The topological polar surface area (TPSA) is 98.5 Å². The maximum atomic E-state index is 12.5. The van der Waals surface area contributed by atoms with E-state index >= 15 is 0 Å². The average Bonchev–Trinajstić information content (AvgIpc) is 2.69. The van der Waals surface area contributed by atoms with E-state index in [1.807, 2.05) is 37.3 Å². The van der Waals surface area contributed by atoms with Gasteiger partial charge in [-0.2, -0.15) is 0 Å². The van der Waals surface area contributed by atoms with Gasteiger partial charge in [-0.15, -0.1) is 0 Å². The van der Waals surface area contributed by atoms with Crippen LogP contribution in [0.5, 0.6) is 0 Å². The van der Waals surface area contributed by atoms with Crippen LogP contribution in [0.2, 0.25) is 0 Å². The second-order valence-corrected chi connectivity index (χ2v) is 9.19. The molecule has 0 bridgehead atoms. The minimum Gasteiger partial charge on any atom is -0.462 e. The summed E-state index contributed by atoms with van der Waals surface area (Å²) in [7, 11) is -4.06. The van der Waals surface area contributed by atoms with Crippen molar-refractivity contribution < 1.29 is 17.9 Å². The summed E-state index contributed by atoms with van der Waals surface area (Å²) < 4.78 is 30.0. The number of benzene rings is 2. The number of unbranched alkanes of at least 4 members (excludes halogenated alkanes) is 2. The van der Waals surface area contributed by atoms with E-state index in [-0.39, 0.29) is 10.5 Å². The lowest BCUT2D eigenvalue weighted by atomic mass is 10.2. The molecule has 2 aromatic carbocycles. The highest BCUT2D eigenvalue weighted by atomic mass is 32.2. The van der Waals surface area contributed by atoms with Crippen LogP contribution in [0.15, 0.2) is 57.2 Å². The van der Waals surface area contributed by atoms with Crippen LogP contribution in [0.1, 0.15) is 49.9 Å². The number of primary sulfonamides is 1. The third-order valence-corrected chi connectivity index (χ3v) is 6.35. The Morgan fingerprint density at radius 2 is 1.79 bits per heavy atom. The van der Waals surface area contributed by atoms with Gasteiger partial charge in [0.1, 0.15) is 0 Å². The van der Waals surface area contributed by atoms with E-state index in [4.69, 9.17) is 9.88 Å². The molecule has 0 atom stereocenters. The molecule has 0 saturated heterocycles. The Morgan fingerprint density at radius 1 is 1.10 bits per heavy atom. The van der Waals surface area contributed by atoms with Gasteiger partial charge >= 0.3 is 5.97 Å². The first-order chi connectivity index (χ1) is 13.9. The molecule has 0 aliphatic carbocycles. The highest BCUT2D eigenvalue weighted by Crippen LogP contribution is 2.39. The molecule has 0 aliphatic heterocycles. The fraction of sp³-hybridized carbons (Fsp3) is 0.381. The summed E-state index contributed by atoms with van der Waals surface area (Å²) in [6.07, 6.45) is 3.53. The van der Waals surface area contributed by atoms with Gasteiger partial charge in [0.25, 0.3) is 0 Å². The molecule has 0 saturated carbocycles. The van der Waals surface area contributed by atoms with Crippen molar-refractivity contribution in [2.45, 2.75) is 54.2 Å². The van der Waals surface area contributed by atoms with Gasteiger partial charge in [-0.25, -0.2) is 18.4 Å². The molecule has 0 fully saturated rings. The molecule has 6 nitrogen and oxygen atoms in total. The van der Waals surface area contributed by atoms with Crippen molar-refractivity contribution in [3.8, 4) is 0 Å². The van der Waals surface area contributed by atoms with Crippen molar-refractivity contribution in [3.63, 3.8) is 0 Å². The van der Waals surface area contributed by atoms with Crippen molar-refractivity contribution >= 4 is 33.4 Å². The van der Waals surface area contributed by atoms with E-state index in [1.165, 1.54) is 17.8 Å². The van der Waals surface area contributed by atoms with E-state index in [9.17, 15) is 13.2 Å². The third kappa shape index (κ3) is 7.06. The van der Waals surface area contributed by atoms with Crippen LogP contribution in [-0.2, 0) is 14.8 Å². The molecule has 29 heavy (non-hydrogen) atoms. The van der Waals surface area contributed by atoms with Crippen LogP contribution in [0, 0.1) is 0 Å². The largest absolute Gasteiger partial charge is 0.462 e. The number of esters is 1. The Hall–Kier alpha value is -2.03. The molecular weight excluding hydrogens is 408 g/mol. The Morgan fingerprint density at radius 3 is 2.41 bits per heavy atom. The van der Waals surface area contributed by atoms with Crippen molar-refractivity contribution in [3.05, 3.63) is 48.0 Å². The number of carbonyl (C=O) groups is 1. The lowest BCUT2D eigenvalue weighted by molar-refractivity contribution is 0.0499. The van der Waals surface area contributed by atoms with E-state index in [2.05, 4.69) is 12.2 Å². The molecule has 8 heteroatoms. The summed E-state index contributed by atoms with van der Waals surface area (Å²) in [6.45, 7) is 5.01. The molecule has 0 heterocycles. The summed E-state index contributed by atoms with van der Waals surface area (Å²) in [5.41, 5.74) is 0.725. The Balaban J connectivity index is 2.51. The van der Waals surface area contributed by atoms with Crippen molar-refractivity contribution in [1.82, 2.24) is 0 Å². The number of ether oxygens (including phenoxy) is 1. The average molecular weight is 437 g/mol. The second kappa shape index (κ2) is 11.2. The SMILES string of the molecule is CCCCNc1cc(C(=O)OCCCC)cc(S(N)(=O)=O)c1Sc1ccccc1. The Labute approximate surface area is 177 Å². The van der Waals surface area contributed by atoms with Gasteiger partial charge in [-0.3, -0.25) is 0 Å². The number of nitrogens with one attached hydrogen (secondary N) is 1. The number of sulfonamides is 1. The highest BCUT2D eigenvalue weighted by molar-refractivity contribution is 8.00. The summed E-state index contributed by atoms with van der Waals surface area (Å²) in [5.74, 6) is -0.557. The summed E-state index contributed by atoms with van der Waals surface area (Å²) in [6, 6.07) is 12.4. The molecule has 3 N–H and O–H groups in total. The predicted molar refractivity (Wildman–Crippen MR) is 117 cm³/mol. The molecule has 0 amide bonds. The third-order valence-electron chi connectivity index (χ3n) is 4.14. The number of rotatable bonds is 11. The summed E-state index contributed by atoms with van der Waals surface area (Å²) in [5, 5.41) is 8.77. The van der Waals surface area contributed by atoms with Crippen LogP contribution in [0.25, 0.3) is 0 Å². The maximum Gasteiger partial charge on any atom is 0.338 e. The van der Waals surface area contributed by atoms with Gasteiger partial charge in [0.15, 0.2) is 0 Å². The van der Waals surface area contributed by atoms with Gasteiger partial charge in [-0.05, 0) is 37.1 Å². The lowest BCUT2D eigenvalue weighted by Crippen LogP contribution is -2.17. The maximum absolute atomic E-state index is 12.5. The van der Waals surface area contributed by atoms with E-state index < -0.39 is 16.0 Å². The molecule has 0 unspecified atom stereocenters. The molecule has 0 spiro atoms. The monoisotopic (exact) mass is 436 g/mol. The number of carbonyl (C=O) groups excluding carboxylic acids is 1. The van der Waals surface area contributed by atoms with Crippen molar-refractivity contribution in [2.24, 2.45) is 5.14 Å². The molecule has 0 aromatic heterocycles. The normalized spacial score (nSPS) is 11.3. The zero-order valence-electron chi connectivity index (χ0n) is 16.8. The van der Waals surface area contributed by atoms with Crippen LogP contribution in [-0.4, -0.2) is 27.5 Å². The van der Waals surface area contributed by atoms with Crippen LogP contribution < -0.4 is 10.5 Å². The smallest absolute Gasteiger partial charge is 0.338 e. The predicted octanol–water partition coefficient (Wildman–Crippen LogP) is 4.65. The number of hydrogen-bond acceptors (Lipinski definition) is 6. The summed E-state index contributed by atoms with van der Waals surface area (Å²) in [4.78, 5) is 13.7. The highest BCUT2D eigenvalue weighted by Gasteiger charge is 2.23. The fourth-order valence-electron chi connectivity index (χ4n) is 2.57. The van der Waals surface area contributed by atoms with Crippen LogP contribution >= 0.6 is 11.8 Å². The first-order valence-electron chi connectivity index (χ1n) is 9.71. The molecule has 0 radical (unpaired) electrons. The number of anilines is 1. The quantitative estimate of drug-likeness (QED) is 0.393. The molecule has 2 aromatic rings. The van der Waals surface area contributed by atoms with Crippen LogP contribution in [0.3, 0.4) is 0 Å². The first-order valence-corrected chi connectivity index (χ1v) is 12.1. The van der Waals surface area contributed by atoms with E-state index in [0.717, 1.165) is 30.6 Å². The van der Waals surface area contributed by atoms with Crippen LogP contribution in [0.4, 0.5) is 5.69 Å². The van der Waals surface area contributed by atoms with E-state index in [1.54, 1.807) is 6.07 Å². The fourth-order valence-corrected chi connectivity index (χ4v) is 4.63. The Kier molecular flexibility index (Phi) is 9.00. The zero-order chi connectivity index (χ0) is 21.3. The number of hydrogen-bond donors (Lipinski definition) is 2. The van der Waals surface area contributed by atoms with Gasteiger partial charge < -0.3 is 10.1 Å². The number of nitrogens with two attached hydrogens (primary N) is 1. The second-order valence-electron chi connectivity index (χ2n) is 6.58. The molecule has 2 rings (SSSR count). The first kappa shape index (κ1) is 23.3. The molecular formula is C21H28N2O4S2. The van der Waals surface area contributed by atoms with Gasteiger partial charge in [0.2, 0.25) is 10.0 Å². The van der Waals surface area contributed by atoms with Crippen molar-refractivity contribution in [1.29, 1.82) is 0 Å². The van der Waals surface area contributed by atoms with E-state index in [0.29, 0.717) is 23.7 Å². The lowest BCUT2D eigenvalue weighted by Gasteiger charge is -2.17. The standard InChI is InChI=1S/C21H28N2O4S2/c1-3-5-12-23-18-14-16(21(24)27-13-6-4-2)15-19(29(22,25)26)20(18)28-17-10-8-7-9-11-17/h7-11,14-15,23H,3-6,12-13H2,1-2H3,(H2,22,25,26). The van der Waals surface area contributed by atoms with Crippen molar-refractivity contribution in [2.75, 3.05) is 18.5 Å². The summed E-state index contributed by atoms with van der Waals surface area (Å²) >= 11 is 1.29. The molecule has 158 valence electrons. The molecule has 0 aliphatic rings. The van der Waals surface area contributed by atoms with Gasteiger partial charge in [0, 0.05) is 11.4 Å². The zero-order valence-corrected chi connectivity index (χ0v) is 18.4. The Bertz CT molecular complexity index is 916.